The van der Waals surface area contributed by atoms with Crippen LogP contribution >= 0.6 is 0 Å². The zero-order valence-corrected chi connectivity index (χ0v) is 17.9. The van der Waals surface area contributed by atoms with E-state index in [9.17, 15) is 4.79 Å². The van der Waals surface area contributed by atoms with Gasteiger partial charge >= 0.3 is 0 Å². The number of oxime groups is 1. The van der Waals surface area contributed by atoms with Gasteiger partial charge in [0.2, 0.25) is 0 Å². The first-order chi connectivity index (χ1) is 15.7. The molecular weight excluding hydrogens is 400 g/mol. The van der Waals surface area contributed by atoms with Crippen LogP contribution in [0, 0.1) is 0 Å². The summed E-state index contributed by atoms with van der Waals surface area (Å²) < 4.78 is 0. The SMILES string of the molecule is CON=C1C[C@@H](Cc2nc3ccccc3[nH]2)N(C(=O)c2ccc(-c3ccccc3)cc2)C1. The summed E-state index contributed by atoms with van der Waals surface area (Å²) in [7, 11) is 1.54. The molecule has 0 bridgehead atoms. The van der Waals surface area contributed by atoms with E-state index in [4.69, 9.17) is 9.82 Å². The van der Waals surface area contributed by atoms with Crippen molar-refractivity contribution in [2.75, 3.05) is 13.7 Å². The van der Waals surface area contributed by atoms with E-state index in [1.807, 2.05) is 71.6 Å². The molecule has 1 amide bonds. The number of carbonyl (C=O) groups excluding carboxylic acids is 1. The number of fused-ring (bicyclic) bond motifs is 1. The van der Waals surface area contributed by atoms with Gasteiger partial charge in [-0.05, 0) is 35.4 Å². The monoisotopic (exact) mass is 424 g/mol. The third-order valence-electron chi connectivity index (χ3n) is 5.85. The molecular formula is C26H24N4O2. The van der Waals surface area contributed by atoms with Gasteiger partial charge in [0.15, 0.2) is 0 Å². The van der Waals surface area contributed by atoms with E-state index in [1.54, 1.807) is 0 Å². The van der Waals surface area contributed by atoms with Gasteiger partial charge in [-0.2, -0.15) is 0 Å². The minimum absolute atomic E-state index is 0.00738. The van der Waals surface area contributed by atoms with Crippen LogP contribution in [-0.4, -0.2) is 46.2 Å². The van der Waals surface area contributed by atoms with Gasteiger partial charge in [-0.25, -0.2) is 4.98 Å². The summed E-state index contributed by atoms with van der Waals surface area (Å²) in [6.07, 6.45) is 1.30. The Morgan fingerprint density at radius 1 is 1.03 bits per heavy atom. The lowest BCUT2D eigenvalue weighted by Gasteiger charge is -2.23. The number of benzene rings is 3. The molecule has 2 heterocycles. The average Bonchev–Trinajstić information content (AvgIpc) is 3.43. The molecule has 4 aromatic rings. The number of amides is 1. The zero-order valence-electron chi connectivity index (χ0n) is 17.9. The zero-order chi connectivity index (χ0) is 21.9. The predicted octanol–water partition coefficient (Wildman–Crippen LogP) is 4.69. The van der Waals surface area contributed by atoms with Gasteiger partial charge in [0.25, 0.3) is 5.91 Å². The Hall–Kier alpha value is -3.93. The van der Waals surface area contributed by atoms with Crippen LogP contribution in [-0.2, 0) is 11.3 Å². The Morgan fingerprint density at radius 2 is 1.75 bits per heavy atom. The normalized spacial score (nSPS) is 17.2. The van der Waals surface area contributed by atoms with Crippen molar-refractivity contribution >= 4 is 22.7 Å². The molecule has 6 heteroatoms. The van der Waals surface area contributed by atoms with Crippen LogP contribution in [0.1, 0.15) is 22.6 Å². The second-order valence-electron chi connectivity index (χ2n) is 7.98. The van der Waals surface area contributed by atoms with Gasteiger partial charge in [-0.1, -0.05) is 59.8 Å². The Morgan fingerprint density at radius 3 is 2.50 bits per heavy atom. The fourth-order valence-corrected chi connectivity index (χ4v) is 4.31. The Labute approximate surface area is 186 Å². The number of aromatic amines is 1. The highest BCUT2D eigenvalue weighted by atomic mass is 16.6. The van der Waals surface area contributed by atoms with Crippen LogP contribution in [0.25, 0.3) is 22.2 Å². The maximum Gasteiger partial charge on any atom is 0.254 e. The molecule has 3 aromatic carbocycles. The molecule has 0 spiro atoms. The second kappa shape index (κ2) is 8.67. The largest absolute Gasteiger partial charge is 0.399 e. The molecule has 1 aromatic heterocycles. The number of rotatable bonds is 5. The maximum atomic E-state index is 13.4. The van der Waals surface area contributed by atoms with E-state index in [2.05, 4.69) is 22.3 Å². The topological polar surface area (TPSA) is 70.6 Å². The van der Waals surface area contributed by atoms with E-state index in [-0.39, 0.29) is 11.9 Å². The van der Waals surface area contributed by atoms with Gasteiger partial charge < -0.3 is 14.7 Å². The van der Waals surface area contributed by atoms with Crippen molar-refractivity contribution in [2.24, 2.45) is 5.16 Å². The molecule has 0 aliphatic carbocycles. The maximum absolute atomic E-state index is 13.4. The summed E-state index contributed by atoms with van der Waals surface area (Å²) in [5.74, 6) is 0.860. The predicted molar refractivity (Wildman–Crippen MR) is 126 cm³/mol. The second-order valence-corrected chi connectivity index (χ2v) is 7.98. The van der Waals surface area contributed by atoms with Crippen LogP contribution in [0.5, 0.6) is 0 Å². The summed E-state index contributed by atoms with van der Waals surface area (Å²) in [6, 6.07) is 25.9. The number of nitrogens with one attached hydrogen (secondary N) is 1. The van der Waals surface area contributed by atoms with E-state index < -0.39 is 0 Å². The van der Waals surface area contributed by atoms with Crippen molar-refractivity contribution in [3.8, 4) is 11.1 Å². The minimum Gasteiger partial charge on any atom is -0.399 e. The molecule has 160 valence electrons. The smallest absolute Gasteiger partial charge is 0.254 e. The number of imidazole rings is 1. The highest BCUT2D eigenvalue weighted by Gasteiger charge is 2.34. The van der Waals surface area contributed by atoms with Crippen LogP contribution in [0.3, 0.4) is 0 Å². The van der Waals surface area contributed by atoms with E-state index in [0.29, 0.717) is 24.9 Å². The summed E-state index contributed by atoms with van der Waals surface area (Å²) in [5, 5.41) is 4.13. The molecule has 1 N–H and O–H groups in total. The molecule has 0 saturated carbocycles. The summed E-state index contributed by atoms with van der Waals surface area (Å²) >= 11 is 0. The van der Waals surface area contributed by atoms with Crippen molar-refractivity contribution in [3.05, 3.63) is 90.3 Å². The molecule has 1 atom stereocenters. The standard InChI is InChI=1S/C26H24N4O2/c1-32-29-21-15-22(16-25-27-23-9-5-6-10-24(23)28-25)30(17-21)26(31)20-13-11-19(12-14-20)18-7-3-2-4-8-18/h2-14,22H,15-17H2,1H3,(H,27,28)/t22-/m0/s1. The molecule has 1 fully saturated rings. The number of hydrogen-bond acceptors (Lipinski definition) is 4. The molecule has 1 aliphatic rings. The van der Waals surface area contributed by atoms with Crippen molar-refractivity contribution in [1.29, 1.82) is 0 Å². The Balaban J connectivity index is 1.39. The fraction of sp³-hybridized carbons (Fsp3) is 0.192. The number of nitrogens with zero attached hydrogens (tertiary/aromatic N) is 3. The van der Waals surface area contributed by atoms with Crippen molar-refractivity contribution < 1.29 is 9.63 Å². The number of carbonyl (C=O) groups is 1. The first-order valence-corrected chi connectivity index (χ1v) is 10.7. The minimum atomic E-state index is -0.0363. The Bertz CT molecular complexity index is 1230. The van der Waals surface area contributed by atoms with Gasteiger partial charge in [0.1, 0.15) is 12.9 Å². The van der Waals surface area contributed by atoms with E-state index in [1.165, 1.54) is 7.11 Å². The van der Waals surface area contributed by atoms with Gasteiger partial charge in [-0.15, -0.1) is 0 Å². The number of para-hydroxylation sites is 2. The van der Waals surface area contributed by atoms with Crippen molar-refractivity contribution in [1.82, 2.24) is 14.9 Å². The van der Waals surface area contributed by atoms with Crippen molar-refractivity contribution in [2.45, 2.75) is 18.9 Å². The lowest BCUT2D eigenvalue weighted by Crippen LogP contribution is -2.37. The quantitative estimate of drug-likeness (QED) is 0.473. The fourth-order valence-electron chi connectivity index (χ4n) is 4.31. The van der Waals surface area contributed by atoms with E-state index >= 15 is 0 Å². The van der Waals surface area contributed by atoms with Crippen LogP contribution < -0.4 is 0 Å². The number of likely N-dealkylation sites (tertiary alicyclic amines) is 1. The van der Waals surface area contributed by atoms with Gasteiger partial charge in [0.05, 0.1) is 23.3 Å². The summed E-state index contributed by atoms with van der Waals surface area (Å²) in [4.78, 5) is 28.4. The number of aromatic nitrogens is 2. The first kappa shape index (κ1) is 20.0. The van der Waals surface area contributed by atoms with Crippen LogP contribution in [0.2, 0.25) is 0 Å². The van der Waals surface area contributed by atoms with E-state index in [0.717, 1.165) is 33.7 Å². The van der Waals surface area contributed by atoms with Crippen LogP contribution in [0.4, 0.5) is 0 Å². The number of H-pyrrole nitrogens is 1. The van der Waals surface area contributed by atoms with Crippen molar-refractivity contribution in [3.63, 3.8) is 0 Å². The number of hydrogen-bond donors (Lipinski definition) is 1. The summed E-state index contributed by atoms with van der Waals surface area (Å²) in [6.45, 7) is 0.456. The molecule has 0 unspecified atom stereocenters. The van der Waals surface area contributed by atoms with Gasteiger partial charge in [-0.3, -0.25) is 4.79 Å². The molecule has 5 rings (SSSR count). The third kappa shape index (κ3) is 3.99. The highest BCUT2D eigenvalue weighted by Crippen LogP contribution is 2.25. The molecule has 1 aliphatic heterocycles. The highest BCUT2D eigenvalue weighted by molar-refractivity contribution is 6.00. The first-order valence-electron chi connectivity index (χ1n) is 10.7. The molecule has 32 heavy (non-hydrogen) atoms. The molecule has 1 saturated heterocycles. The lowest BCUT2D eigenvalue weighted by atomic mass is 10.0. The molecule has 0 radical (unpaired) electrons. The lowest BCUT2D eigenvalue weighted by molar-refractivity contribution is 0.0739. The average molecular weight is 425 g/mol. The molecule has 6 nitrogen and oxygen atoms in total. The van der Waals surface area contributed by atoms with Crippen LogP contribution in [0.15, 0.2) is 84.0 Å². The third-order valence-corrected chi connectivity index (χ3v) is 5.85. The van der Waals surface area contributed by atoms with Gasteiger partial charge in [0, 0.05) is 24.4 Å². The Kier molecular flexibility index (Phi) is 5.42. The summed E-state index contributed by atoms with van der Waals surface area (Å²) in [5.41, 5.74) is 5.68.